The predicted molar refractivity (Wildman–Crippen MR) is 109 cm³/mol. The number of carbonyl (C=O) groups is 2. The van der Waals surface area contributed by atoms with Crippen molar-refractivity contribution in [2.75, 3.05) is 19.7 Å². The van der Waals surface area contributed by atoms with E-state index in [1.165, 1.54) is 5.56 Å². The summed E-state index contributed by atoms with van der Waals surface area (Å²) in [5.74, 6) is 0.934. The highest BCUT2D eigenvalue weighted by atomic mass is 16.5. The molecule has 148 valence electrons. The standard InChI is InChI=1S/C23H28N2O3/c1-18-7-9-19(10-8-18)17-24-23(27)20-11-14-25(15-12-20)22(26)13-16-28-21-5-3-2-4-6-21/h2-10,20H,11-17H2,1H3,(H,24,27). The third-order valence-corrected chi connectivity index (χ3v) is 5.13. The van der Waals surface area contributed by atoms with Gasteiger partial charge in [-0.2, -0.15) is 0 Å². The molecule has 0 aliphatic carbocycles. The van der Waals surface area contributed by atoms with Gasteiger partial charge in [0.25, 0.3) is 0 Å². The second-order valence-electron chi connectivity index (χ2n) is 7.27. The van der Waals surface area contributed by atoms with Crippen LogP contribution in [0.4, 0.5) is 0 Å². The highest BCUT2D eigenvalue weighted by molar-refractivity contribution is 5.80. The number of nitrogens with zero attached hydrogens (tertiary/aromatic N) is 1. The fourth-order valence-corrected chi connectivity index (χ4v) is 3.36. The van der Waals surface area contributed by atoms with Gasteiger partial charge in [0, 0.05) is 25.6 Å². The first kappa shape index (κ1) is 19.9. The molecule has 3 rings (SSSR count). The van der Waals surface area contributed by atoms with Crippen LogP contribution >= 0.6 is 0 Å². The number of benzene rings is 2. The Balaban J connectivity index is 1.35. The molecule has 0 spiro atoms. The number of piperidine rings is 1. The Bertz CT molecular complexity index is 766. The summed E-state index contributed by atoms with van der Waals surface area (Å²) in [5, 5.41) is 3.02. The number of amides is 2. The van der Waals surface area contributed by atoms with Crippen molar-refractivity contribution in [2.24, 2.45) is 5.92 Å². The maximum absolute atomic E-state index is 12.4. The van der Waals surface area contributed by atoms with Crippen molar-refractivity contribution >= 4 is 11.8 Å². The average molecular weight is 380 g/mol. The lowest BCUT2D eigenvalue weighted by atomic mass is 9.95. The molecule has 1 aliphatic heterocycles. The molecule has 2 aromatic rings. The van der Waals surface area contributed by atoms with Gasteiger partial charge in [0.2, 0.25) is 11.8 Å². The molecule has 0 saturated carbocycles. The van der Waals surface area contributed by atoms with Gasteiger partial charge in [-0.1, -0.05) is 48.0 Å². The molecule has 0 unspecified atom stereocenters. The van der Waals surface area contributed by atoms with Crippen molar-refractivity contribution in [3.05, 3.63) is 65.7 Å². The molecule has 0 radical (unpaired) electrons. The summed E-state index contributed by atoms with van der Waals surface area (Å²) in [6.45, 7) is 4.24. The summed E-state index contributed by atoms with van der Waals surface area (Å²) in [5.41, 5.74) is 2.31. The van der Waals surface area contributed by atoms with E-state index in [0.717, 1.165) is 11.3 Å². The molecule has 5 heteroatoms. The van der Waals surface area contributed by atoms with Crippen LogP contribution in [-0.4, -0.2) is 36.4 Å². The van der Waals surface area contributed by atoms with Gasteiger partial charge in [-0.25, -0.2) is 0 Å². The lowest BCUT2D eigenvalue weighted by Gasteiger charge is -2.31. The Morgan fingerprint density at radius 3 is 2.39 bits per heavy atom. The van der Waals surface area contributed by atoms with Crippen LogP contribution in [0.3, 0.4) is 0 Å². The number of ether oxygens (including phenoxy) is 1. The third kappa shape index (κ3) is 5.84. The molecular formula is C23H28N2O3. The fourth-order valence-electron chi connectivity index (χ4n) is 3.36. The summed E-state index contributed by atoms with van der Waals surface area (Å²) in [6, 6.07) is 17.7. The van der Waals surface area contributed by atoms with Crippen LogP contribution in [0, 0.1) is 12.8 Å². The first-order valence-corrected chi connectivity index (χ1v) is 9.90. The van der Waals surface area contributed by atoms with E-state index in [1.807, 2.05) is 66.4 Å². The number of hydrogen-bond acceptors (Lipinski definition) is 3. The summed E-state index contributed by atoms with van der Waals surface area (Å²) in [6.07, 6.45) is 1.79. The second-order valence-corrected chi connectivity index (χ2v) is 7.27. The van der Waals surface area contributed by atoms with Crippen molar-refractivity contribution < 1.29 is 14.3 Å². The van der Waals surface area contributed by atoms with E-state index in [0.29, 0.717) is 45.5 Å². The number of likely N-dealkylation sites (tertiary alicyclic amines) is 1. The molecule has 2 amide bonds. The average Bonchev–Trinajstić information content (AvgIpc) is 2.74. The Morgan fingerprint density at radius 2 is 1.71 bits per heavy atom. The summed E-state index contributed by atoms with van der Waals surface area (Å²) in [7, 11) is 0. The van der Waals surface area contributed by atoms with E-state index in [2.05, 4.69) is 5.32 Å². The van der Waals surface area contributed by atoms with Gasteiger partial charge in [-0.3, -0.25) is 9.59 Å². The van der Waals surface area contributed by atoms with Crippen molar-refractivity contribution in [1.82, 2.24) is 10.2 Å². The summed E-state index contributed by atoms with van der Waals surface area (Å²) >= 11 is 0. The number of hydrogen-bond donors (Lipinski definition) is 1. The van der Waals surface area contributed by atoms with Gasteiger partial charge in [-0.05, 0) is 37.5 Å². The molecule has 0 bridgehead atoms. The number of para-hydroxylation sites is 1. The largest absolute Gasteiger partial charge is 0.493 e. The minimum atomic E-state index is -0.0185. The molecule has 1 aliphatic rings. The monoisotopic (exact) mass is 380 g/mol. The fraction of sp³-hybridized carbons (Fsp3) is 0.391. The maximum Gasteiger partial charge on any atom is 0.225 e. The van der Waals surface area contributed by atoms with E-state index in [1.54, 1.807) is 0 Å². The molecule has 28 heavy (non-hydrogen) atoms. The van der Waals surface area contributed by atoms with Gasteiger partial charge in [-0.15, -0.1) is 0 Å². The molecule has 1 heterocycles. The van der Waals surface area contributed by atoms with Gasteiger partial charge in [0.05, 0.1) is 13.0 Å². The lowest BCUT2D eigenvalue weighted by molar-refractivity contribution is -0.136. The zero-order chi connectivity index (χ0) is 19.8. The van der Waals surface area contributed by atoms with Crippen LogP contribution in [0.5, 0.6) is 5.75 Å². The molecule has 2 aromatic carbocycles. The van der Waals surface area contributed by atoms with Crippen molar-refractivity contribution in [3.8, 4) is 5.75 Å². The SMILES string of the molecule is Cc1ccc(CNC(=O)C2CCN(C(=O)CCOc3ccccc3)CC2)cc1. The Hall–Kier alpha value is -2.82. The molecule has 0 aromatic heterocycles. The van der Waals surface area contributed by atoms with Crippen LogP contribution in [0.1, 0.15) is 30.4 Å². The zero-order valence-electron chi connectivity index (χ0n) is 16.4. The second kappa shape index (κ2) is 9.93. The van der Waals surface area contributed by atoms with E-state index in [9.17, 15) is 9.59 Å². The van der Waals surface area contributed by atoms with Crippen molar-refractivity contribution in [2.45, 2.75) is 32.7 Å². The van der Waals surface area contributed by atoms with Gasteiger partial charge in [0.1, 0.15) is 5.75 Å². The number of rotatable bonds is 7. The first-order chi connectivity index (χ1) is 13.6. The maximum atomic E-state index is 12.4. The first-order valence-electron chi connectivity index (χ1n) is 9.90. The van der Waals surface area contributed by atoms with Crippen LogP contribution in [0.25, 0.3) is 0 Å². The van der Waals surface area contributed by atoms with Crippen LogP contribution in [0.15, 0.2) is 54.6 Å². The highest BCUT2D eigenvalue weighted by Gasteiger charge is 2.27. The Morgan fingerprint density at radius 1 is 1.04 bits per heavy atom. The van der Waals surface area contributed by atoms with Gasteiger partial charge in [0.15, 0.2) is 0 Å². The molecule has 1 saturated heterocycles. The Kier molecular flexibility index (Phi) is 7.06. The van der Waals surface area contributed by atoms with E-state index >= 15 is 0 Å². The van der Waals surface area contributed by atoms with Gasteiger partial charge >= 0.3 is 0 Å². The predicted octanol–water partition coefficient (Wildman–Crippen LogP) is 3.32. The topological polar surface area (TPSA) is 58.6 Å². The Labute approximate surface area is 166 Å². The zero-order valence-corrected chi connectivity index (χ0v) is 16.4. The van der Waals surface area contributed by atoms with Crippen LogP contribution in [-0.2, 0) is 16.1 Å². The molecule has 1 fully saturated rings. The van der Waals surface area contributed by atoms with Gasteiger partial charge < -0.3 is 15.0 Å². The van der Waals surface area contributed by atoms with Crippen LogP contribution < -0.4 is 10.1 Å². The number of carbonyl (C=O) groups excluding carboxylic acids is 2. The van der Waals surface area contributed by atoms with E-state index < -0.39 is 0 Å². The molecule has 0 atom stereocenters. The highest BCUT2D eigenvalue weighted by Crippen LogP contribution is 2.18. The quantitative estimate of drug-likeness (QED) is 0.802. The molecular weight excluding hydrogens is 352 g/mol. The van der Waals surface area contributed by atoms with Crippen molar-refractivity contribution in [3.63, 3.8) is 0 Å². The minimum Gasteiger partial charge on any atom is -0.493 e. The minimum absolute atomic E-state index is 0.0185. The number of nitrogens with one attached hydrogen (secondary N) is 1. The summed E-state index contributed by atoms with van der Waals surface area (Å²) in [4.78, 5) is 26.6. The third-order valence-electron chi connectivity index (χ3n) is 5.13. The van der Waals surface area contributed by atoms with E-state index in [-0.39, 0.29) is 17.7 Å². The summed E-state index contributed by atoms with van der Waals surface area (Å²) < 4.78 is 5.60. The number of aryl methyl sites for hydroxylation is 1. The normalized spacial score (nSPS) is 14.5. The lowest BCUT2D eigenvalue weighted by Crippen LogP contribution is -2.43. The molecule has 5 nitrogen and oxygen atoms in total. The smallest absolute Gasteiger partial charge is 0.225 e. The van der Waals surface area contributed by atoms with E-state index in [4.69, 9.17) is 4.74 Å². The van der Waals surface area contributed by atoms with Crippen molar-refractivity contribution in [1.29, 1.82) is 0 Å². The van der Waals surface area contributed by atoms with Crippen LogP contribution in [0.2, 0.25) is 0 Å². The molecule has 1 N–H and O–H groups in total.